The van der Waals surface area contributed by atoms with Gasteiger partial charge in [0.1, 0.15) is 0 Å². The lowest BCUT2D eigenvalue weighted by molar-refractivity contribution is 0.0285. The van der Waals surface area contributed by atoms with Crippen LogP contribution in [0.1, 0.15) is 41.6 Å². The van der Waals surface area contributed by atoms with Crippen molar-refractivity contribution >= 4 is 21.7 Å². The van der Waals surface area contributed by atoms with E-state index in [-0.39, 0.29) is 5.41 Å². The second-order valence-electron chi connectivity index (χ2n) is 5.52. The Kier molecular flexibility index (Phi) is 3.07. The number of Topliss-reactive ketones (excluding diaryl/α,β-unsaturated/α-hetero) is 1. The van der Waals surface area contributed by atoms with Crippen LogP contribution in [0.3, 0.4) is 0 Å². The lowest BCUT2D eigenvalue weighted by Crippen LogP contribution is -2.35. The van der Waals surface area contributed by atoms with Crippen molar-refractivity contribution < 1.29 is 9.53 Å². The maximum absolute atomic E-state index is 12.7. The molecule has 0 atom stereocenters. The molecule has 18 heavy (non-hydrogen) atoms. The molecule has 1 aromatic carbocycles. The van der Waals surface area contributed by atoms with Crippen LogP contribution in [-0.4, -0.2) is 19.0 Å². The molecule has 2 aliphatic rings. The average Bonchev–Trinajstić information content (AvgIpc) is 2.65. The maximum Gasteiger partial charge on any atom is 0.169 e. The normalized spacial score (nSPS) is 30.8. The minimum Gasteiger partial charge on any atom is -0.381 e. The molecular formula is C15H17BrO2. The fraction of sp³-hybridized carbons (Fsp3) is 0.533. The number of ether oxygens (including phenoxy) is 1. The second-order valence-corrected chi connectivity index (χ2v) is 6.44. The Morgan fingerprint density at radius 1 is 1.33 bits per heavy atom. The number of rotatable bonds is 1. The quantitative estimate of drug-likeness (QED) is 0.789. The first-order chi connectivity index (χ1) is 8.64. The third kappa shape index (κ3) is 1.84. The van der Waals surface area contributed by atoms with Gasteiger partial charge >= 0.3 is 0 Å². The van der Waals surface area contributed by atoms with Crippen LogP contribution < -0.4 is 0 Å². The van der Waals surface area contributed by atoms with E-state index < -0.39 is 0 Å². The Morgan fingerprint density at radius 2 is 2.06 bits per heavy atom. The van der Waals surface area contributed by atoms with E-state index in [9.17, 15) is 4.79 Å². The van der Waals surface area contributed by atoms with Gasteiger partial charge in [0.2, 0.25) is 0 Å². The summed E-state index contributed by atoms with van der Waals surface area (Å²) in [6.45, 7) is 0. The number of carbonyl (C=O) groups excluding carboxylic acids is 1. The molecule has 0 aromatic heterocycles. The molecule has 0 saturated heterocycles. The Bertz CT molecular complexity index is 487. The number of halogens is 1. The molecule has 1 spiro atoms. The van der Waals surface area contributed by atoms with Crippen molar-refractivity contribution in [2.75, 3.05) is 7.11 Å². The summed E-state index contributed by atoms with van der Waals surface area (Å²) in [7, 11) is 1.77. The molecule has 0 amide bonds. The largest absolute Gasteiger partial charge is 0.381 e. The zero-order valence-electron chi connectivity index (χ0n) is 10.5. The highest BCUT2D eigenvalue weighted by Crippen LogP contribution is 2.47. The number of hydrogen-bond acceptors (Lipinski definition) is 2. The van der Waals surface area contributed by atoms with Crippen LogP contribution in [0, 0.1) is 5.41 Å². The third-order valence-corrected chi connectivity index (χ3v) is 5.04. The van der Waals surface area contributed by atoms with E-state index >= 15 is 0 Å². The highest BCUT2D eigenvalue weighted by molar-refractivity contribution is 9.10. The smallest absolute Gasteiger partial charge is 0.169 e. The van der Waals surface area contributed by atoms with Crippen LogP contribution >= 0.6 is 15.9 Å². The average molecular weight is 309 g/mol. The lowest BCUT2D eigenvalue weighted by Gasteiger charge is -2.35. The summed E-state index contributed by atoms with van der Waals surface area (Å²) in [5.41, 5.74) is 2.03. The number of hydrogen-bond donors (Lipinski definition) is 0. The second kappa shape index (κ2) is 4.46. The van der Waals surface area contributed by atoms with Gasteiger partial charge in [-0.1, -0.05) is 22.0 Å². The monoisotopic (exact) mass is 308 g/mol. The number of methoxy groups -OCH3 is 1. The van der Waals surface area contributed by atoms with Crippen molar-refractivity contribution in [3.8, 4) is 0 Å². The van der Waals surface area contributed by atoms with Crippen LogP contribution in [-0.2, 0) is 11.2 Å². The van der Waals surface area contributed by atoms with Crippen molar-refractivity contribution in [2.45, 2.75) is 38.2 Å². The molecule has 1 aromatic rings. The van der Waals surface area contributed by atoms with E-state index in [1.54, 1.807) is 7.11 Å². The van der Waals surface area contributed by atoms with Gasteiger partial charge in [-0.15, -0.1) is 0 Å². The predicted molar refractivity (Wildman–Crippen MR) is 73.9 cm³/mol. The van der Waals surface area contributed by atoms with Crippen molar-refractivity contribution in [3.63, 3.8) is 0 Å². The summed E-state index contributed by atoms with van der Waals surface area (Å²) in [5.74, 6) is 0.355. The van der Waals surface area contributed by atoms with E-state index in [4.69, 9.17) is 4.74 Å². The highest BCUT2D eigenvalue weighted by atomic mass is 79.9. The molecule has 0 N–H and O–H groups in total. The number of fused-ring (bicyclic) bond motifs is 1. The minimum absolute atomic E-state index is 0.127. The summed E-state index contributed by atoms with van der Waals surface area (Å²) >= 11 is 3.45. The molecule has 0 radical (unpaired) electrons. The van der Waals surface area contributed by atoms with Gasteiger partial charge in [0, 0.05) is 22.6 Å². The van der Waals surface area contributed by atoms with E-state index in [0.717, 1.165) is 42.1 Å². The molecule has 3 rings (SSSR count). The Balaban J connectivity index is 1.88. The zero-order valence-corrected chi connectivity index (χ0v) is 12.1. The number of benzene rings is 1. The topological polar surface area (TPSA) is 26.3 Å². The first-order valence-corrected chi connectivity index (χ1v) is 7.30. The molecule has 2 nitrogen and oxygen atoms in total. The van der Waals surface area contributed by atoms with Gasteiger partial charge in [-0.05, 0) is 49.8 Å². The van der Waals surface area contributed by atoms with Crippen LogP contribution in [0.15, 0.2) is 22.7 Å². The van der Waals surface area contributed by atoms with Crippen molar-refractivity contribution in [3.05, 3.63) is 33.8 Å². The van der Waals surface area contributed by atoms with Gasteiger partial charge in [-0.3, -0.25) is 4.79 Å². The Labute approximate surface area is 116 Å². The number of ketones is 1. The van der Waals surface area contributed by atoms with Crippen molar-refractivity contribution in [1.29, 1.82) is 0 Å². The molecule has 3 heteroatoms. The molecule has 1 saturated carbocycles. The predicted octanol–water partition coefficient (Wildman–Crippen LogP) is 3.76. The van der Waals surface area contributed by atoms with E-state index in [1.807, 2.05) is 12.1 Å². The Hall–Kier alpha value is -0.670. The standard InChI is InChI=1S/C15H17BrO2/c1-18-12-4-6-15(7-5-12)9-10-2-3-11(16)8-13(10)14(15)17/h2-3,8,12H,4-7,9H2,1H3/t12-,15-. The van der Waals surface area contributed by atoms with Gasteiger partial charge in [-0.2, -0.15) is 0 Å². The molecule has 2 aliphatic carbocycles. The van der Waals surface area contributed by atoms with Crippen molar-refractivity contribution in [1.82, 2.24) is 0 Å². The molecular weight excluding hydrogens is 292 g/mol. The summed E-state index contributed by atoms with van der Waals surface area (Å²) in [6.07, 6.45) is 5.23. The molecule has 96 valence electrons. The third-order valence-electron chi connectivity index (χ3n) is 4.55. The SMILES string of the molecule is CO[C@H]1CC[C@]2(CC1)Cc1ccc(Br)cc1C2=O. The summed E-state index contributed by atoms with van der Waals surface area (Å²) in [4.78, 5) is 12.7. The molecule has 0 unspecified atom stereocenters. The first-order valence-electron chi connectivity index (χ1n) is 6.51. The van der Waals surface area contributed by atoms with Gasteiger partial charge < -0.3 is 4.74 Å². The highest BCUT2D eigenvalue weighted by Gasteiger charge is 2.47. The summed E-state index contributed by atoms with van der Waals surface area (Å²) < 4.78 is 6.40. The van der Waals surface area contributed by atoms with E-state index in [2.05, 4.69) is 22.0 Å². The summed E-state index contributed by atoms with van der Waals surface area (Å²) in [6, 6.07) is 6.11. The first kappa shape index (κ1) is 12.4. The molecule has 0 aliphatic heterocycles. The van der Waals surface area contributed by atoms with Crippen LogP contribution in [0.2, 0.25) is 0 Å². The molecule has 0 heterocycles. The van der Waals surface area contributed by atoms with Crippen LogP contribution in [0.4, 0.5) is 0 Å². The fourth-order valence-electron chi connectivity index (χ4n) is 3.43. The van der Waals surface area contributed by atoms with Gasteiger partial charge in [0.15, 0.2) is 5.78 Å². The fourth-order valence-corrected chi connectivity index (χ4v) is 3.79. The molecule has 0 bridgehead atoms. The maximum atomic E-state index is 12.7. The molecule has 1 fully saturated rings. The van der Waals surface area contributed by atoms with E-state index in [0.29, 0.717) is 11.9 Å². The van der Waals surface area contributed by atoms with E-state index in [1.165, 1.54) is 5.56 Å². The van der Waals surface area contributed by atoms with Gasteiger partial charge in [0.25, 0.3) is 0 Å². The van der Waals surface area contributed by atoms with Gasteiger partial charge in [-0.25, -0.2) is 0 Å². The van der Waals surface area contributed by atoms with Gasteiger partial charge in [0.05, 0.1) is 6.10 Å². The lowest BCUT2D eigenvalue weighted by atomic mass is 9.70. The zero-order chi connectivity index (χ0) is 12.8. The van der Waals surface area contributed by atoms with Crippen molar-refractivity contribution in [2.24, 2.45) is 5.41 Å². The summed E-state index contributed by atoms with van der Waals surface area (Å²) in [5, 5.41) is 0. The van der Waals surface area contributed by atoms with Crippen LogP contribution in [0.25, 0.3) is 0 Å². The minimum atomic E-state index is -0.127. The van der Waals surface area contributed by atoms with Crippen LogP contribution in [0.5, 0.6) is 0 Å². The Morgan fingerprint density at radius 3 is 2.72 bits per heavy atom. The number of carbonyl (C=O) groups is 1.